The van der Waals surface area contributed by atoms with E-state index in [1.54, 1.807) is 24.3 Å². The van der Waals surface area contributed by atoms with Crippen LogP contribution in [0.4, 0.5) is 20.1 Å². The zero-order valence-electron chi connectivity index (χ0n) is 12.2. The van der Waals surface area contributed by atoms with Gasteiger partial charge < -0.3 is 5.73 Å². The molecule has 0 spiro atoms. The van der Waals surface area contributed by atoms with Crippen LogP contribution in [0.1, 0.15) is 5.56 Å². The van der Waals surface area contributed by atoms with Crippen LogP contribution in [0.25, 0.3) is 11.1 Å². The summed E-state index contributed by atoms with van der Waals surface area (Å²) in [5.41, 5.74) is 7.45. The van der Waals surface area contributed by atoms with Crippen LogP contribution in [-0.4, -0.2) is 9.91 Å². The summed E-state index contributed by atoms with van der Waals surface area (Å²) in [6.45, 7) is 0. The molecule has 1 aromatic carbocycles. The van der Waals surface area contributed by atoms with Crippen LogP contribution < -0.4 is 5.73 Å². The molecule has 0 aliphatic rings. The summed E-state index contributed by atoms with van der Waals surface area (Å²) in [6.07, 6.45) is 1.11. The van der Waals surface area contributed by atoms with E-state index in [0.29, 0.717) is 31.7 Å². The predicted octanol–water partition coefficient (Wildman–Crippen LogP) is 5.30. The van der Waals surface area contributed by atoms with Crippen molar-refractivity contribution in [1.82, 2.24) is 4.98 Å². The van der Waals surface area contributed by atoms with Gasteiger partial charge in [0.05, 0.1) is 10.5 Å². The second kappa shape index (κ2) is 6.94. The Bertz CT molecular complexity index is 1020. The fourth-order valence-electron chi connectivity index (χ4n) is 1.98. The number of aromatic nitrogens is 1. The number of nitriles is 1. The molecule has 0 atom stereocenters. The molecule has 3 rings (SSSR count). The molecule has 3 aromatic rings. The van der Waals surface area contributed by atoms with Crippen LogP contribution in [0.15, 0.2) is 40.7 Å². The Morgan fingerprint density at radius 1 is 1.28 bits per heavy atom. The van der Waals surface area contributed by atoms with E-state index in [-0.39, 0.29) is 10.1 Å². The Morgan fingerprint density at radius 2 is 2.00 bits per heavy atom. The lowest BCUT2D eigenvalue weighted by molar-refractivity contribution is -0.380. The van der Waals surface area contributed by atoms with Crippen molar-refractivity contribution >= 4 is 54.4 Å². The number of nitrogens with two attached hydrogens (primary N) is 1. The lowest BCUT2D eigenvalue weighted by Crippen LogP contribution is -1.85. The van der Waals surface area contributed by atoms with Crippen LogP contribution in [0.5, 0.6) is 0 Å². The zero-order valence-corrected chi connectivity index (χ0v) is 14.6. The summed E-state index contributed by atoms with van der Waals surface area (Å²) in [5, 5.41) is 29.3. The molecule has 0 saturated heterocycles. The molecule has 0 saturated carbocycles. The third kappa shape index (κ3) is 3.48. The molecule has 8 nitrogen and oxygen atoms in total. The molecule has 0 fully saturated rings. The Morgan fingerprint density at radius 3 is 2.60 bits per heavy atom. The smallest absolute Gasteiger partial charge is 0.345 e. The molecule has 0 radical (unpaired) electrons. The topological polar surface area (TPSA) is 131 Å². The number of nitro groups is 1. The minimum Gasteiger partial charge on any atom is -0.389 e. The number of benzene rings is 1. The summed E-state index contributed by atoms with van der Waals surface area (Å²) in [4.78, 5) is 14.0. The molecule has 11 heteroatoms. The van der Waals surface area contributed by atoms with Crippen LogP contribution in [0.2, 0.25) is 5.02 Å². The monoisotopic (exact) mass is 390 g/mol. The maximum atomic E-state index is 10.7. The van der Waals surface area contributed by atoms with Gasteiger partial charge in [0.15, 0.2) is 0 Å². The van der Waals surface area contributed by atoms with Crippen molar-refractivity contribution in [2.75, 3.05) is 5.73 Å². The van der Waals surface area contributed by atoms with Gasteiger partial charge in [-0.05, 0) is 29.0 Å². The fourth-order valence-corrected chi connectivity index (χ4v) is 3.52. The second-order valence-electron chi connectivity index (χ2n) is 4.58. The van der Waals surface area contributed by atoms with Gasteiger partial charge in [0.2, 0.25) is 5.13 Å². The second-order valence-corrected chi connectivity index (χ2v) is 7.03. The lowest BCUT2D eigenvalue weighted by atomic mass is 10.0. The highest BCUT2D eigenvalue weighted by Crippen LogP contribution is 2.45. The van der Waals surface area contributed by atoms with Gasteiger partial charge in [-0.25, -0.2) is 4.98 Å². The van der Waals surface area contributed by atoms with Crippen molar-refractivity contribution in [3.63, 3.8) is 0 Å². The minimum atomic E-state index is -0.549. The van der Waals surface area contributed by atoms with E-state index in [1.807, 2.05) is 0 Å². The van der Waals surface area contributed by atoms with Crippen molar-refractivity contribution in [1.29, 1.82) is 5.26 Å². The summed E-state index contributed by atoms with van der Waals surface area (Å²) in [7, 11) is 0. The van der Waals surface area contributed by atoms with Gasteiger partial charge in [0.1, 0.15) is 22.3 Å². The molecule has 0 bridgehead atoms. The number of halogens is 1. The maximum absolute atomic E-state index is 10.7. The Balaban J connectivity index is 2.04. The van der Waals surface area contributed by atoms with Crippen molar-refractivity contribution < 1.29 is 4.92 Å². The first-order valence-corrected chi connectivity index (χ1v) is 8.61. The van der Waals surface area contributed by atoms with Crippen LogP contribution >= 0.6 is 34.3 Å². The van der Waals surface area contributed by atoms with Crippen molar-refractivity contribution in [2.45, 2.75) is 0 Å². The van der Waals surface area contributed by atoms with Crippen molar-refractivity contribution in [3.8, 4) is 17.2 Å². The SMILES string of the molecule is N#Cc1c(N)sc(/N=N/c2ncc([N+](=O)[O-])s2)c1-c1ccc(Cl)cc1. The third-order valence-electron chi connectivity index (χ3n) is 3.05. The number of rotatable bonds is 4. The van der Waals surface area contributed by atoms with E-state index >= 15 is 0 Å². The predicted molar refractivity (Wildman–Crippen MR) is 96.8 cm³/mol. The first-order valence-electron chi connectivity index (χ1n) is 6.60. The Hall–Kier alpha value is -2.87. The maximum Gasteiger partial charge on any atom is 0.345 e. The number of anilines is 1. The van der Waals surface area contributed by atoms with Gasteiger partial charge in [-0.3, -0.25) is 10.1 Å². The number of nitrogens with zero attached hydrogens (tertiary/aromatic N) is 5. The summed E-state index contributed by atoms with van der Waals surface area (Å²) in [5.74, 6) is 0. The van der Waals surface area contributed by atoms with Crippen LogP contribution in [0, 0.1) is 21.4 Å². The molecule has 0 aliphatic heterocycles. The summed E-state index contributed by atoms with van der Waals surface area (Å²) in [6, 6.07) is 8.94. The molecule has 0 amide bonds. The third-order valence-corrected chi connectivity index (χ3v) is 5.04. The quantitative estimate of drug-likeness (QED) is 0.366. The largest absolute Gasteiger partial charge is 0.389 e. The van der Waals surface area contributed by atoms with Gasteiger partial charge in [0, 0.05) is 10.6 Å². The highest BCUT2D eigenvalue weighted by Gasteiger charge is 2.19. The zero-order chi connectivity index (χ0) is 18.0. The Kier molecular flexibility index (Phi) is 4.71. The Labute approximate surface area is 154 Å². The average Bonchev–Trinajstić information content (AvgIpc) is 3.18. The van der Waals surface area contributed by atoms with E-state index < -0.39 is 4.92 Å². The lowest BCUT2D eigenvalue weighted by Gasteiger charge is -2.01. The first-order chi connectivity index (χ1) is 12.0. The number of nitrogen functional groups attached to an aromatic ring is 1. The summed E-state index contributed by atoms with van der Waals surface area (Å²) >= 11 is 7.80. The van der Waals surface area contributed by atoms with Crippen LogP contribution in [-0.2, 0) is 0 Å². The van der Waals surface area contributed by atoms with E-state index in [4.69, 9.17) is 17.3 Å². The number of hydrogen-bond donors (Lipinski definition) is 1. The molecular weight excluding hydrogens is 384 g/mol. The van der Waals surface area contributed by atoms with E-state index in [2.05, 4.69) is 21.3 Å². The standard InChI is InChI=1S/C14H7ClN6O2S2/c15-8-3-1-7(2-4-8)11-9(5-16)12(17)25-13(11)19-20-14-18-6-10(24-14)21(22)23/h1-4,6H,17H2/b20-19+. The number of thiazole rings is 1. The van der Waals surface area contributed by atoms with Gasteiger partial charge in [-0.2, -0.15) is 5.26 Å². The molecule has 2 heterocycles. The van der Waals surface area contributed by atoms with E-state index in [9.17, 15) is 15.4 Å². The van der Waals surface area contributed by atoms with Gasteiger partial charge >= 0.3 is 5.00 Å². The number of thiophene rings is 1. The minimum absolute atomic E-state index is 0.129. The first kappa shape index (κ1) is 17.0. The molecule has 2 aromatic heterocycles. The normalized spacial score (nSPS) is 10.9. The highest BCUT2D eigenvalue weighted by atomic mass is 35.5. The molecule has 0 aliphatic carbocycles. The molecular formula is C14H7ClN6O2S2. The molecule has 0 unspecified atom stereocenters. The van der Waals surface area contributed by atoms with E-state index in [0.717, 1.165) is 28.9 Å². The summed E-state index contributed by atoms with van der Waals surface area (Å²) < 4.78 is 0. The molecule has 124 valence electrons. The van der Waals surface area contributed by atoms with Gasteiger partial charge in [-0.1, -0.05) is 35.1 Å². The number of hydrogen-bond acceptors (Lipinski definition) is 9. The fraction of sp³-hybridized carbons (Fsp3) is 0. The van der Waals surface area contributed by atoms with Gasteiger partial charge in [0.25, 0.3) is 0 Å². The average molecular weight is 391 g/mol. The van der Waals surface area contributed by atoms with Crippen molar-refractivity contribution in [2.24, 2.45) is 10.2 Å². The number of azo groups is 1. The highest BCUT2D eigenvalue weighted by molar-refractivity contribution is 7.20. The van der Waals surface area contributed by atoms with Crippen molar-refractivity contribution in [3.05, 3.63) is 51.2 Å². The molecule has 2 N–H and O–H groups in total. The van der Waals surface area contributed by atoms with Gasteiger partial charge in [-0.15, -0.1) is 10.2 Å². The molecule has 25 heavy (non-hydrogen) atoms. The van der Waals surface area contributed by atoms with E-state index in [1.165, 1.54) is 0 Å². The van der Waals surface area contributed by atoms with Crippen LogP contribution in [0.3, 0.4) is 0 Å².